The number of aliphatic imine (C=N–C) groups is 1. The molecule has 2 amide bonds. The third kappa shape index (κ3) is 6.43. The van der Waals surface area contributed by atoms with Gasteiger partial charge in [0.25, 0.3) is 5.91 Å². The Balaban J connectivity index is 1.79. The quantitative estimate of drug-likeness (QED) is 0.374. The van der Waals surface area contributed by atoms with E-state index in [9.17, 15) is 32.8 Å². The van der Waals surface area contributed by atoms with Crippen molar-refractivity contribution in [1.29, 1.82) is 5.26 Å². The van der Waals surface area contributed by atoms with Crippen LogP contribution >= 0.6 is 0 Å². The highest BCUT2D eigenvalue weighted by Gasteiger charge is 2.41. The minimum Gasteiger partial charge on any atom is -0.493 e. The minimum atomic E-state index is -5.25. The van der Waals surface area contributed by atoms with E-state index in [-0.39, 0.29) is 48.0 Å². The van der Waals surface area contributed by atoms with Gasteiger partial charge in [-0.05, 0) is 42.2 Å². The second-order valence-corrected chi connectivity index (χ2v) is 11.1. The molecule has 0 fully saturated rings. The molecular formula is C30H32F3N5O5. The van der Waals surface area contributed by atoms with Crippen LogP contribution in [0.25, 0.3) is 0 Å². The Morgan fingerprint density at radius 3 is 2.47 bits per heavy atom. The van der Waals surface area contributed by atoms with Gasteiger partial charge in [0.1, 0.15) is 30.5 Å². The number of alkyl halides is 3. The number of hydrogen-bond acceptors (Lipinski definition) is 7. The van der Waals surface area contributed by atoms with Crippen LogP contribution in [0.5, 0.6) is 11.5 Å². The van der Waals surface area contributed by atoms with Gasteiger partial charge in [-0.15, -0.1) is 0 Å². The first kappa shape index (κ1) is 31.3. The van der Waals surface area contributed by atoms with Gasteiger partial charge in [-0.3, -0.25) is 14.4 Å². The number of ether oxygens (including phenoxy) is 2. The van der Waals surface area contributed by atoms with Crippen molar-refractivity contribution >= 4 is 29.1 Å². The van der Waals surface area contributed by atoms with Crippen molar-refractivity contribution in [3.05, 3.63) is 52.1 Å². The number of nitriles is 1. The van der Waals surface area contributed by atoms with Crippen LogP contribution in [-0.2, 0) is 16.8 Å². The first-order valence-corrected chi connectivity index (χ1v) is 13.6. The number of rotatable bonds is 7. The van der Waals surface area contributed by atoms with E-state index in [0.29, 0.717) is 30.2 Å². The number of amidine groups is 1. The largest absolute Gasteiger partial charge is 0.493 e. The number of nitrogens with zero attached hydrogens (tertiary/aromatic N) is 4. The lowest BCUT2D eigenvalue weighted by atomic mass is 9.84. The second-order valence-electron chi connectivity index (χ2n) is 11.1. The van der Waals surface area contributed by atoms with E-state index < -0.39 is 35.7 Å². The number of carbonyl (C=O) groups is 3. The topological polar surface area (TPSA) is 124 Å². The van der Waals surface area contributed by atoms with Crippen LogP contribution in [0.3, 0.4) is 0 Å². The van der Waals surface area contributed by atoms with E-state index in [1.165, 1.54) is 24.1 Å². The first-order valence-electron chi connectivity index (χ1n) is 13.6. The summed E-state index contributed by atoms with van der Waals surface area (Å²) in [5.74, 6) is -2.93. The molecule has 2 aromatic rings. The predicted molar refractivity (Wildman–Crippen MR) is 152 cm³/mol. The molecule has 1 N–H and O–H groups in total. The summed E-state index contributed by atoms with van der Waals surface area (Å²) in [4.78, 5) is 44.8. The van der Waals surface area contributed by atoms with Crippen LogP contribution in [0, 0.1) is 11.3 Å². The highest BCUT2D eigenvalue weighted by atomic mass is 19.4. The second kappa shape index (κ2) is 11.9. The van der Waals surface area contributed by atoms with Gasteiger partial charge in [0.15, 0.2) is 5.78 Å². The summed E-state index contributed by atoms with van der Waals surface area (Å²) < 4.78 is 51.5. The summed E-state index contributed by atoms with van der Waals surface area (Å²) >= 11 is 0. The summed E-state index contributed by atoms with van der Waals surface area (Å²) in [6.45, 7) is 8.20. The lowest BCUT2D eigenvalue weighted by molar-refractivity contribution is -0.169. The monoisotopic (exact) mass is 599 g/mol. The number of Topliss-reactive ketones (excluding diaryl/α,β-unsaturated/α-hetero) is 1. The van der Waals surface area contributed by atoms with E-state index in [4.69, 9.17) is 9.47 Å². The SMILES string of the molecule is CCOc1cc2c(cc1C(=O)NC)/C(=N/C(=O)C(F)(F)F)N(CC(=O)c1cc3c(c(C(C)(C)C)c1)OCCN3CC#N)C2. The van der Waals surface area contributed by atoms with Gasteiger partial charge in [-0.2, -0.15) is 23.4 Å². The lowest BCUT2D eigenvalue weighted by Gasteiger charge is -2.34. The van der Waals surface area contributed by atoms with Crippen molar-refractivity contribution in [2.75, 3.05) is 44.8 Å². The molecule has 2 aromatic carbocycles. The number of carbonyl (C=O) groups excluding carboxylic acids is 3. The van der Waals surface area contributed by atoms with Crippen molar-refractivity contribution in [1.82, 2.24) is 10.2 Å². The van der Waals surface area contributed by atoms with Crippen LogP contribution in [0.2, 0.25) is 0 Å². The van der Waals surface area contributed by atoms with Crippen LogP contribution in [0.1, 0.15) is 65.1 Å². The number of amides is 2. The average Bonchev–Trinajstić information content (AvgIpc) is 3.26. The number of nitrogens with one attached hydrogen (secondary N) is 1. The molecular weight excluding hydrogens is 567 g/mol. The Hall–Kier alpha value is -4.60. The number of ketones is 1. The summed E-state index contributed by atoms with van der Waals surface area (Å²) in [5.41, 5.74) is 1.72. The third-order valence-electron chi connectivity index (χ3n) is 7.07. The number of hydrogen-bond donors (Lipinski definition) is 1. The van der Waals surface area contributed by atoms with E-state index in [0.717, 1.165) is 5.56 Å². The maximum absolute atomic E-state index is 13.8. The summed E-state index contributed by atoms with van der Waals surface area (Å²) in [6, 6.07) is 8.25. The lowest BCUT2D eigenvalue weighted by Crippen LogP contribution is -2.35. The van der Waals surface area contributed by atoms with Crippen molar-refractivity contribution in [3.8, 4) is 17.6 Å². The standard InChI is InChI=1S/C30H32F3N5O5/c1-6-42-24-13-18-15-38(26(36-28(41)30(31,32)33)19(18)14-20(24)27(40)35-5)16-23(39)17-11-21(29(2,3)4)25-22(12-17)37(8-7-34)9-10-43-25/h11-14H,6,8-10,15-16H2,1-5H3,(H,35,40)/b36-26-. The average molecular weight is 600 g/mol. The normalized spacial score (nSPS) is 15.4. The molecule has 0 radical (unpaired) electrons. The molecule has 2 aliphatic heterocycles. The van der Waals surface area contributed by atoms with E-state index >= 15 is 0 Å². The zero-order chi connectivity index (χ0) is 31.7. The molecule has 2 aliphatic rings. The molecule has 0 aliphatic carbocycles. The molecule has 43 heavy (non-hydrogen) atoms. The number of halogens is 3. The van der Waals surface area contributed by atoms with Gasteiger partial charge in [-0.25, -0.2) is 0 Å². The van der Waals surface area contributed by atoms with Gasteiger partial charge < -0.3 is 24.6 Å². The van der Waals surface area contributed by atoms with Gasteiger partial charge in [0.2, 0.25) is 0 Å². The minimum absolute atomic E-state index is 0.0468. The molecule has 2 heterocycles. The van der Waals surface area contributed by atoms with Gasteiger partial charge in [0, 0.05) is 30.3 Å². The molecule has 0 saturated carbocycles. The molecule has 0 saturated heterocycles. The molecule has 0 spiro atoms. The fraction of sp³-hybridized carbons (Fsp3) is 0.433. The van der Waals surface area contributed by atoms with E-state index in [2.05, 4.69) is 16.4 Å². The summed E-state index contributed by atoms with van der Waals surface area (Å²) in [6.07, 6.45) is -5.25. The number of fused-ring (bicyclic) bond motifs is 2. The van der Waals surface area contributed by atoms with Crippen molar-refractivity contribution in [3.63, 3.8) is 0 Å². The Kier molecular flexibility index (Phi) is 8.71. The Labute approximate surface area is 247 Å². The van der Waals surface area contributed by atoms with Gasteiger partial charge in [-0.1, -0.05) is 20.8 Å². The van der Waals surface area contributed by atoms with Gasteiger partial charge >= 0.3 is 12.1 Å². The van der Waals surface area contributed by atoms with Crippen molar-refractivity contribution in [2.24, 2.45) is 4.99 Å². The molecule has 0 unspecified atom stereocenters. The highest BCUT2D eigenvalue weighted by molar-refractivity contribution is 6.12. The van der Waals surface area contributed by atoms with E-state index in [1.54, 1.807) is 24.0 Å². The molecule has 4 rings (SSSR count). The first-order chi connectivity index (χ1) is 20.2. The van der Waals surface area contributed by atoms with Crippen LogP contribution in [-0.4, -0.2) is 74.4 Å². The molecule has 10 nitrogen and oxygen atoms in total. The van der Waals surface area contributed by atoms with Crippen LogP contribution < -0.4 is 19.7 Å². The molecule has 13 heteroatoms. The van der Waals surface area contributed by atoms with Crippen molar-refractivity contribution in [2.45, 2.75) is 45.8 Å². The summed E-state index contributed by atoms with van der Waals surface area (Å²) in [7, 11) is 1.39. The number of anilines is 1. The number of benzene rings is 2. The molecule has 0 bridgehead atoms. The van der Waals surface area contributed by atoms with Gasteiger partial charge in [0.05, 0.1) is 37.0 Å². The molecule has 0 atom stereocenters. The Morgan fingerprint density at radius 2 is 1.86 bits per heavy atom. The Morgan fingerprint density at radius 1 is 1.14 bits per heavy atom. The zero-order valence-corrected chi connectivity index (χ0v) is 24.5. The van der Waals surface area contributed by atoms with Crippen LogP contribution in [0.15, 0.2) is 29.3 Å². The molecule has 0 aromatic heterocycles. The zero-order valence-electron chi connectivity index (χ0n) is 24.5. The predicted octanol–water partition coefficient (Wildman–Crippen LogP) is 4.00. The fourth-order valence-corrected chi connectivity index (χ4v) is 5.03. The fourth-order valence-electron chi connectivity index (χ4n) is 5.03. The third-order valence-corrected chi connectivity index (χ3v) is 7.07. The van der Waals surface area contributed by atoms with Crippen molar-refractivity contribution < 1.29 is 37.0 Å². The Bertz CT molecular complexity index is 1540. The smallest absolute Gasteiger partial charge is 0.473 e. The summed E-state index contributed by atoms with van der Waals surface area (Å²) in [5, 5.41) is 11.8. The maximum atomic E-state index is 13.8. The van der Waals surface area contributed by atoms with E-state index in [1.807, 2.05) is 20.8 Å². The highest BCUT2D eigenvalue weighted by Crippen LogP contribution is 2.42. The van der Waals surface area contributed by atoms with Crippen LogP contribution in [0.4, 0.5) is 18.9 Å². The molecule has 228 valence electrons. The maximum Gasteiger partial charge on any atom is 0.473 e.